The molecule has 5 aromatic rings. The van der Waals surface area contributed by atoms with Crippen molar-refractivity contribution in [2.24, 2.45) is 28.8 Å². The van der Waals surface area contributed by atoms with Crippen molar-refractivity contribution >= 4 is 101 Å². The minimum absolute atomic E-state index is 0.0119. The van der Waals surface area contributed by atoms with Crippen LogP contribution in [-0.4, -0.2) is 116 Å². The molecule has 0 fully saturated rings. The molecule has 0 spiro atoms. The number of nitrogens with zero attached hydrogens (tertiary/aromatic N) is 3. The number of carbonyl (C=O) groups excluding carboxylic acids is 9. The molecule has 0 saturated carbocycles. The maximum absolute atomic E-state index is 13.1. The molecule has 0 radical (unpaired) electrons. The summed E-state index contributed by atoms with van der Waals surface area (Å²) in [5.41, 5.74) is 11.2. The fraction of sp³-hybridized carbons (Fsp3) is 0.418. The number of benzene rings is 5. The number of hydrogen-bond acceptors (Lipinski definition) is 15. The molecule has 0 aromatic heterocycles. The second-order valence-electron chi connectivity index (χ2n) is 21.3. The molecule has 0 saturated heterocycles. The maximum Gasteiger partial charge on any atom is 0.334 e. The number of nitrogens with one attached hydrogen (secondary N) is 3. The van der Waals surface area contributed by atoms with E-state index in [-0.39, 0.29) is 42.0 Å². The average Bonchev–Trinajstić information content (AvgIpc) is 2.09. The Kier molecular flexibility index (Phi) is 35.9. The molecule has 6 atom stereocenters. The van der Waals surface area contributed by atoms with Gasteiger partial charge in [-0.15, -0.1) is 0 Å². The van der Waals surface area contributed by atoms with E-state index in [0.717, 1.165) is 27.0 Å². The number of rotatable bonds is 36. The Hall–Kier alpha value is -7.63. The van der Waals surface area contributed by atoms with Gasteiger partial charge < -0.3 is 30.2 Å². The zero-order valence-corrected chi connectivity index (χ0v) is 54.4. The lowest BCUT2D eigenvalue weighted by Crippen LogP contribution is -2.51. The highest BCUT2D eigenvalue weighted by atomic mass is 32.2. The molecule has 5 aromatic carbocycles. The standard InChI is InChI=1S/C27H28NO4PS.C23H34N2O5S.C17H23N3O3/c1-3-25(30)23-15-14-20(32-27(31)24(28-19-29)16-17-34-2)18-26(23)33(21-10-6-4-7-11-21)22-12-8-5-9-13-22;1-16(2)12-20(25-22(28)19(24-15-26)10-11-31-4)21(27)14-18(23(29)30-3)13-17-8-6-5-7-9-17;1-12(2)9-15(19-20-18)16(21)11-14(17(22)23-3)10-13-7-5-4-6-8-13/h4-15,18-19,24H,3,16-17H2,1-2H3,(H,28,29);5-9,15-16,18-20H,10-14H2,1-4H3,(H,24,26)(H,25,28);4-8,12,14-15H,9-11H2,1-3H3/t24-;;14-,15+/m0.1/s1. The molecular formula is C67H85N6O12PS2. The summed E-state index contributed by atoms with van der Waals surface area (Å²) in [6.45, 7) is 9.67. The first-order chi connectivity index (χ1) is 42.4. The van der Waals surface area contributed by atoms with Crippen LogP contribution in [0.15, 0.2) is 145 Å². The Morgan fingerprint density at radius 2 is 1.06 bits per heavy atom. The Bertz CT molecular complexity index is 2970. The summed E-state index contributed by atoms with van der Waals surface area (Å²) >= 11 is 3.16. The molecule has 3 unspecified atom stereocenters. The molecule has 0 aliphatic rings. The molecule has 472 valence electrons. The van der Waals surface area contributed by atoms with Crippen LogP contribution in [0, 0.1) is 23.7 Å². The van der Waals surface area contributed by atoms with Crippen molar-refractivity contribution in [3.8, 4) is 5.75 Å². The van der Waals surface area contributed by atoms with Gasteiger partial charge in [0.2, 0.25) is 18.7 Å². The number of esters is 3. The Labute approximate surface area is 527 Å². The van der Waals surface area contributed by atoms with Crippen LogP contribution in [0.2, 0.25) is 0 Å². The fourth-order valence-corrected chi connectivity index (χ4v) is 12.7. The quantitative estimate of drug-likeness (QED) is 0.00492. The van der Waals surface area contributed by atoms with Gasteiger partial charge in [0.15, 0.2) is 11.6 Å². The monoisotopic (exact) mass is 1260 g/mol. The zero-order valence-electron chi connectivity index (χ0n) is 51.8. The van der Waals surface area contributed by atoms with Crippen LogP contribution < -0.4 is 36.6 Å². The first kappa shape index (κ1) is 74.6. The summed E-state index contributed by atoms with van der Waals surface area (Å²) in [4.78, 5) is 113. The highest BCUT2D eigenvalue weighted by Crippen LogP contribution is 2.36. The molecule has 3 amide bonds. The SMILES string of the molecule is CCC(=O)c1ccc(OC(=O)[C@H](CCSC)NC=O)cc1P(c1ccccc1)c1ccccc1.COC(=O)C(CC(=O)C(CC(C)C)NC(=O)C(CCSC)NC=O)Cc1ccccc1.COC(=O)[C@@H](CC(=O)[C@H](CC(C)C)N=[N+]=[N-])Cc1ccccc1. The van der Waals surface area contributed by atoms with E-state index < -0.39 is 67.7 Å². The molecule has 0 aliphatic carbocycles. The maximum atomic E-state index is 13.1. The van der Waals surface area contributed by atoms with E-state index in [1.165, 1.54) is 14.2 Å². The summed E-state index contributed by atoms with van der Waals surface area (Å²) in [6.07, 6.45) is 7.88. The van der Waals surface area contributed by atoms with Gasteiger partial charge in [-0.25, -0.2) is 4.79 Å². The third-order valence-electron chi connectivity index (χ3n) is 13.7. The lowest BCUT2D eigenvalue weighted by Gasteiger charge is -2.24. The summed E-state index contributed by atoms with van der Waals surface area (Å²) in [5.74, 6) is -1.25. The number of methoxy groups -OCH3 is 2. The Balaban J connectivity index is 0.000000352. The molecule has 5 rings (SSSR count). The smallest absolute Gasteiger partial charge is 0.334 e. The summed E-state index contributed by atoms with van der Waals surface area (Å²) < 4.78 is 15.4. The van der Waals surface area contributed by atoms with Gasteiger partial charge in [0.1, 0.15) is 23.6 Å². The van der Waals surface area contributed by atoms with Crippen LogP contribution in [0.25, 0.3) is 10.4 Å². The number of azide groups is 1. The zero-order chi connectivity index (χ0) is 64.8. The minimum atomic E-state index is -1.06. The van der Waals surface area contributed by atoms with E-state index in [0.29, 0.717) is 80.6 Å². The van der Waals surface area contributed by atoms with Crippen molar-refractivity contribution in [2.75, 3.05) is 38.2 Å². The third kappa shape index (κ3) is 26.8. The van der Waals surface area contributed by atoms with E-state index in [4.69, 9.17) is 19.7 Å². The van der Waals surface area contributed by atoms with E-state index in [2.05, 4.69) is 50.2 Å². The largest absolute Gasteiger partial charge is 0.469 e. The molecule has 3 N–H and O–H groups in total. The summed E-state index contributed by atoms with van der Waals surface area (Å²) in [6, 6.07) is 41.3. The van der Waals surface area contributed by atoms with E-state index in [9.17, 15) is 43.2 Å². The number of hydrogen-bond donors (Lipinski definition) is 3. The lowest BCUT2D eigenvalue weighted by molar-refractivity contribution is -0.147. The number of thioether (sulfide) groups is 2. The first-order valence-electron chi connectivity index (χ1n) is 29.2. The van der Waals surface area contributed by atoms with Gasteiger partial charge in [0, 0.05) is 29.7 Å². The third-order valence-corrected chi connectivity index (χ3v) is 17.5. The predicted molar refractivity (Wildman–Crippen MR) is 352 cm³/mol. The van der Waals surface area contributed by atoms with Gasteiger partial charge in [-0.3, -0.25) is 38.4 Å². The van der Waals surface area contributed by atoms with Crippen molar-refractivity contribution in [1.29, 1.82) is 0 Å². The van der Waals surface area contributed by atoms with Crippen LogP contribution in [0.4, 0.5) is 0 Å². The number of ketones is 3. The van der Waals surface area contributed by atoms with Crippen LogP contribution in [0.5, 0.6) is 5.75 Å². The highest BCUT2D eigenvalue weighted by molar-refractivity contribution is 7.98. The second-order valence-corrected chi connectivity index (χ2v) is 25.5. The Morgan fingerprint density at radius 3 is 1.49 bits per heavy atom. The van der Waals surface area contributed by atoms with Gasteiger partial charge in [0.05, 0.1) is 38.1 Å². The van der Waals surface area contributed by atoms with Crippen LogP contribution in [-0.2, 0) is 60.7 Å². The second kappa shape index (κ2) is 42.3. The predicted octanol–water partition coefficient (Wildman–Crippen LogP) is 9.89. The number of Topliss-reactive ketones (excluding diaryl/α,β-unsaturated/α-hetero) is 3. The van der Waals surface area contributed by atoms with E-state index >= 15 is 0 Å². The highest BCUT2D eigenvalue weighted by Gasteiger charge is 2.32. The van der Waals surface area contributed by atoms with Gasteiger partial charge in [0.25, 0.3) is 0 Å². The van der Waals surface area contributed by atoms with Crippen LogP contribution in [0.1, 0.15) is 101 Å². The summed E-state index contributed by atoms with van der Waals surface area (Å²) in [7, 11) is 1.55. The minimum Gasteiger partial charge on any atom is -0.469 e. The molecule has 0 aliphatic heterocycles. The number of carbonyl (C=O) groups is 9. The van der Waals surface area contributed by atoms with Crippen LogP contribution in [0.3, 0.4) is 0 Å². The first-order valence-corrected chi connectivity index (χ1v) is 33.3. The van der Waals surface area contributed by atoms with Crippen molar-refractivity contribution in [3.63, 3.8) is 0 Å². The molecular weight excluding hydrogens is 1180 g/mol. The lowest BCUT2D eigenvalue weighted by atomic mass is 9.89. The molecule has 18 nitrogen and oxygen atoms in total. The van der Waals surface area contributed by atoms with E-state index in [1.807, 2.05) is 144 Å². The molecule has 88 heavy (non-hydrogen) atoms. The van der Waals surface area contributed by atoms with Crippen molar-refractivity contribution in [2.45, 2.75) is 117 Å². The van der Waals surface area contributed by atoms with Crippen LogP contribution >= 0.6 is 31.4 Å². The molecule has 21 heteroatoms. The fourth-order valence-electron chi connectivity index (χ4n) is 9.29. The Morgan fingerprint density at radius 1 is 0.602 bits per heavy atom. The van der Waals surface area contributed by atoms with E-state index in [1.54, 1.807) is 41.7 Å². The van der Waals surface area contributed by atoms with Crippen molar-refractivity contribution in [1.82, 2.24) is 16.0 Å². The topological polar surface area (TPSA) is 266 Å². The average molecular weight is 1260 g/mol. The van der Waals surface area contributed by atoms with Crippen molar-refractivity contribution in [3.05, 3.63) is 167 Å². The van der Waals surface area contributed by atoms with Crippen molar-refractivity contribution < 1.29 is 57.4 Å². The molecule has 0 heterocycles. The number of amides is 3. The normalized spacial score (nSPS) is 12.7. The van der Waals surface area contributed by atoms with Gasteiger partial charge >= 0.3 is 17.9 Å². The number of ether oxygens (including phenoxy) is 3. The van der Waals surface area contributed by atoms with Gasteiger partial charge in [-0.05, 0) is 133 Å². The molecule has 0 bridgehead atoms. The van der Waals surface area contributed by atoms with Gasteiger partial charge in [-0.2, -0.15) is 23.5 Å². The van der Waals surface area contributed by atoms with Gasteiger partial charge in [-0.1, -0.05) is 161 Å². The summed E-state index contributed by atoms with van der Waals surface area (Å²) in [5, 5.41) is 14.5.